The van der Waals surface area contributed by atoms with Gasteiger partial charge in [-0.1, -0.05) is 23.7 Å². The molecule has 0 radical (unpaired) electrons. The SMILES string of the molecule is Cc1cc(N)ccc1S(=O)Cc1cccc(Cl)c1F. The minimum atomic E-state index is -1.33. The molecule has 0 heterocycles. The van der Waals surface area contributed by atoms with Crippen LogP contribution in [0.4, 0.5) is 10.1 Å². The zero-order valence-electron chi connectivity index (χ0n) is 10.3. The standard InChI is InChI=1S/C14H13ClFNOS/c1-9-7-11(17)5-6-13(9)19(18)8-10-3-2-4-12(15)14(10)16/h2-7H,8,17H2,1H3. The first-order valence-corrected chi connectivity index (χ1v) is 7.36. The van der Waals surface area contributed by atoms with Gasteiger partial charge in [-0.2, -0.15) is 0 Å². The molecule has 0 saturated heterocycles. The predicted molar refractivity (Wildman–Crippen MR) is 77.1 cm³/mol. The fourth-order valence-corrected chi connectivity index (χ4v) is 3.30. The summed E-state index contributed by atoms with van der Waals surface area (Å²) in [6.45, 7) is 1.83. The lowest BCUT2D eigenvalue weighted by Crippen LogP contribution is -2.02. The average molecular weight is 298 g/mol. The van der Waals surface area contributed by atoms with E-state index in [1.54, 1.807) is 30.3 Å². The van der Waals surface area contributed by atoms with Crippen molar-refractivity contribution in [3.8, 4) is 0 Å². The monoisotopic (exact) mass is 297 g/mol. The zero-order chi connectivity index (χ0) is 14.0. The van der Waals surface area contributed by atoms with Crippen molar-refractivity contribution in [3.63, 3.8) is 0 Å². The molecule has 2 N–H and O–H groups in total. The van der Waals surface area contributed by atoms with Crippen LogP contribution in [-0.2, 0) is 16.6 Å². The number of hydrogen-bond donors (Lipinski definition) is 1. The Morgan fingerprint density at radius 2 is 2.05 bits per heavy atom. The third kappa shape index (κ3) is 3.14. The van der Waals surface area contributed by atoms with E-state index in [-0.39, 0.29) is 10.8 Å². The Bertz CT molecular complexity index is 645. The lowest BCUT2D eigenvalue weighted by atomic mass is 10.2. The number of nitrogens with two attached hydrogens (primary N) is 1. The first-order valence-electron chi connectivity index (χ1n) is 5.66. The van der Waals surface area contributed by atoms with E-state index in [4.69, 9.17) is 17.3 Å². The van der Waals surface area contributed by atoms with Gasteiger partial charge in [0.05, 0.1) is 21.6 Å². The van der Waals surface area contributed by atoms with E-state index in [1.165, 1.54) is 6.07 Å². The summed E-state index contributed by atoms with van der Waals surface area (Å²) in [7, 11) is -1.33. The Labute approximate surface area is 118 Å². The summed E-state index contributed by atoms with van der Waals surface area (Å²) < 4.78 is 26.0. The fraction of sp³-hybridized carbons (Fsp3) is 0.143. The van der Waals surface area contributed by atoms with E-state index in [1.807, 2.05) is 6.92 Å². The molecule has 5 heteroatoms. The van der Waals surface area contributed by atoms with Crippen molar-refractivity contribution < 1.29 is 8.60 Å². The number of rotatable bonds is 3. The van der Waals surface area contributed by atoms with Gasteiger partial charge in [0.25, 0.3) is 0 Å². The molecule has 0 bridgehead atoms. The van der Waals surface area contributed by atoms with E-state index in [2.05, 4.69) is 0 Å². The van der Waals surface area contributed by atoms with Gasteiger partial charge in [0.1, 0.15) is 5.82 Å². The molecule has 2 aromatic rings. The molecule has 0 spiro atoms. The number of nitrogen functional groups attached to an aromatic ring is 1. The Hall–Kier alpha value is -1.39. The third-order valence-electron chi connectivity index (χ3n) is 2.76. The van der Waals surface area contributed by atoms with E-state index >= 15 is 0 Å². The normalized spacial score (nSPS) is 12.4. The van der Waals surface area contributed by atoms with Gasteiger partial charge in [-0.25, -0.2) is 4.39 Å². The summed E-state index contributed by atoms with van der Waals surface area (Å²) in [6.07, 6.45) is 0. The maximum absolute atomic E-state index is 13.8. The van der Waals surface area contributed by atoms with Crippen LogP contribution in [0.25, 0.3) is 0 Å². The van der Waals surface area contributed by atoms with E-state index in [0.717, 1.165) is 5.56 Å². The number of anilines is 1. The second-order valence-electron chi connectivity index (χ2n) is 4.23. The second kappa shape index (κ2) is 5.72. The van der Waals surface area contributed by atoms with Crippen LogP contribution in [-0.4, -0.2) is 4.21 Å². The number of halogens is 2. The Balaban J connectivity index is 2.28. The molecule has 0 fully saturated rings. The molecule has 0 amide bonds. The van der Waals surface area contributed by atoms with Crippen LogP contribution in [0.2, 0.25) is 5.02 Å². The molecular formula is C14H13ClFNOS. The number of aryl methyl sites for hydroxylation is 1. The summed E-state index contributed by atoms with van der Waals surface area (Å²) in [6, 6.07) is 9.86. The maximum Gasteiger partial charge on any atom is 0.145 e. The van der Waals surface area contributed by atoms with Gasteiger partial charge in [-0.3, -0.25) is 4.21 Å². The molecule has 0 aliphatic heterocycles. The van der Waals surface area contributed by atoms with Crippen LogP contribution in [0.3, 0.4) is 0 Å². The first-order chi connectivity index (χ1) is 8.99. The molecule has 2 aromatic carbocycles. The molecular weight excluding hydrogens is 285 g/mol. The largest absolute Gasteiger partial charge is 0.399 e. The molecule has 0 aliphatic rings. The van der Waals surface area contributed by atoms with E-state index in [0.29, 0.717) is 16.1 Å². The Kier molecular flexibility index (Phi) is 4.22. The van der Waals surface area contributed by atoms with Crippen molar-refractivity contribution in [2.45, 2.75) is 17.6 Å². The van der Waals surface area contributed by atoms with Crippen LogP contribution >= 0.6 is 11.6 Å². The van der Waals surface area contributed by atoms with Gasteiger partial charge in [-0.15, -0.1) is 0 Å². The van der Waals surface area contributed by atoms with Gasteiger partial charge in [-0.05, 0) is 36.8 Å². The Morgan fingerprint density at radius 1 is 1.32 bits per heavy atom. The number of benzene rings is 2. The highest BCUT2D eigenvalue weighted by Crippen LogP contribution is 2.23. The molecule has 19 heavy (non-hydrogen) atoms. The molecule has 0 saturated carbocycles. The Morgan fingerprint density at radius 3 is 2.74 bits per heavy atom. The van der Waals surface area contributed by atoms with Crippen LogP contribution in [0.1, 0.15) is 11.1 Å². The van der Waals surface area contributed by atoms with Crippen molar-refractivity contribution >= 4 is 28.1 Å². The van der Waals surface area contributed by atoms with E-state index < -0.39 is 16.6 Å². The highest BCUT2D eigenvalue weighted by Gasteiger charge is 2.13. The summed E-state index contributed by atoms with van der Waals surface area (Å²) in [5, 5.41) is 0.0449. The third-order valence-corrected chi connectivity index (χ3v) is 4.58. The van der Waals surface area contributed by atoms with Crippen LogP contribution < -0.4 is 5.73 Å². The minimum Gasteiger partial charge on any atom is -0.399 e. The molecule has 0 aromatic heterocycles. The molecule has 1 unspecified atom stereocenters. The van der Waals surface area contributed by atoms with Gasteiger partial charge >= 0.3 is 0 Å². The van der Waals surface area contributed by atoms with Gasteiger partial charge in [0.2, 0.25) is 0 Å². The quantitative estimate of drug-likeness (QED) is 0.878. The maximum atomic E-state index is 13.8. The topological polar surface area (TPSA) is 43.1 Å². The summed E-state index contributed by atoms with van der Waals surface area (Å²) in [5.74, 6) is -0.414. The molecule has 1 atom stereocenters. The van der Waals surface area contributed by atoms with Crippen molar-refractivity contribution in [3.05, 3.63) is 58.4 Å². The highest BCUT2D eigenvalue weighted by molar-refractivity contribution is 7.84. The summed E-state index contributed by atoms with van der Waals surface area (Å²) in [4.78, 5) is 0.661. The van der Waals surface area contributed by atoms with Crippen LogP contribution in [0.15, 0.2) is 41.3 Å². The van der Waals surface area contributed by atoms with Crippen molar-refractivity contribution in [2.24, 2.45) is 0 Å². The zero-order valence-corrected chi connectivity index (χ0v) is 11.9. The van der Waals surface area contributed by atoms with E-state index in [9.17, 15) is 8.60 Å². The average Bonchev–Trinajstić information content (AvgIpc) is 2.34. The predicted octanol–water partition coefficient (Wildman–Crippen LogP) is 3.68. The van der Waals surface area contributed by atoms with Gasteiger partial charge in [0.15, 0.2) is 0 Å². The van der Waals surface area contributed by atoms with Crippen molar-refractivity contribution in [2.75, 3.05) is 5.73 Å². The molecule has 100 valence electrons. The van der Waals surface area contributed by atoms with Crippen molar-refractivity contribution in [1.29, 1.82) is 0 Å². The molecule has 2 rings (SSSR count). The van der Waals surface area contributed by atoms with Crippen LogP contribution in [0, 0.1) is 12.7 Å². The smallest absolute Gasteiger partial charge is 0.145 e. The summed E-state index contributed by atoms with van der Waals surface area (Å²) in [5.41, 5.74) is 7.45. The van der Waals surface area contributed by atoms with Gasteiger partial charge in [0, 0.05) is 16.1 Å². The first kappa shape index (κ1) is 14.0. The lowest BCUT2D eigenvalue weighted by molar-refractivity contribution is 0.615. The fourth-order valence-electron chi connectivity index (χ4n) is 1.81. The van der Waals surface area contributed by atoms with Crippen molar-refractivity contribution in [1.82, 2.24) is 0 Å². The lowest BCUT2D eigenvalue weighted by Gasteiger charge is -2.08. The van der Waals surface area contributed by atoms with Crippen LogP contribution in [0.5, 0.6) is 0 Å². The summed E-state index contributed by atoms with van der Waals surface area (Å²) >= 11 is 5.70. The second-order valence-corrected chi connectivity index (χ2v) is 6.05. The van der Waals surface area contributed by atoms with Gasteiger partial charge < -0.3 is 5.73 Å². The minimum absolute atomic E-state index is 0.0449. The number of hydrogen-bond acceptors (Lipinski definition) is 2. The highest BCUT2D eigenvalue weighted by atomic mass is 35.5. The molecule has 2 nitrogen and oxygen atoms in total. The molecule has 0 aliphatic carbocycles.